The number of rotatable bonds is 3. The molecule has 0 unspecified atom stereocenters. The number of carbonyl (C=O) groups is 1. The summed E-state index contributed by atoms with van der Waals surface area (Å²) in [5.41, 5.74) is 6.24. The number of fused-ring (bicyclic) bond motifs is 1. The summed E-state index contributed by atoms with van der Waals surface area (Å²) in [5.74, 6) is -0.433. The molecule has 0 radical (unpaired) electrons. The Morgan fingerprint density at radius 2 is 2.08 bits per heavy atom. The lowest BCUT2D eigenvalue weighted by atomic mass is 9.80. The van der Waals surface area contributed by atoms with Gasteiger partial charge < -0.3 is 4.90 Å². The fourth-order valence-corrected chi connectivity index (χ4v) is 3.54. The van der Waals surface area contributed by atoms with Crippen molar-refractivity contribution in [2.75, 3.05) is 11.9 Å². The van der Waals surface area contributed by atoms with Crippen LogP contribution in [0.3, 0.4) is 0 Å². The highest BCUT2D eigenvalue weighted by molar-refractivity contribution is 5.94. The SMILES string of the molecule is C[C@@H]1CC(C)(C)N(C)c2ccc(/C=N\NC(=O)c3cccc(F)c3)cc21. The fraction of sp³-hybridized carbons (Fsp3) is 0.333. The van der Waals surface area contributed by atoms with Crippen LogP contribution >= 0.6 is 0 Å². The van der Waals surface area contributed by atoms with Gasteiger partial charge in [-0.25, -0.2) is 9.82 Å². The zero-order chi connectivity index (χ0) is 18.9. The van der Waals surface area contributed by atoms with Crippen molar-refractivity contribution in [3.8, 4) is 0 Å². The number of hydrazone groups is 1. The van der Waals surface area contributed by atoms with E-state index in [-0.39, 0.29) is 11.1 Å². The lowest BCUT2D eigenvalue weighted by molar-refractivity contribution is 0.0954. The van der Waals surface area contributed by atoms with Gasteiger partial charge in [-0.05, 0) is 67.6 Å². The summed E-state index contributed by atoms with van der Waals surface area (Å²) in [6.07, 6.45) is 2.69. The molecule has 2 aromatic rings. The van der Waals surface area contributed by atoms with Crippen LogP contribution in [0.25, 0.3) is 0 Å². The van der Waals surface area contributed by atoms with Gasteiger partial charge in [0.1, 0.15) is 5.82 Å². The second-order valence-corrected chi connectivity index (χ2v) is 7.50. The van der Waals surface area contributed by atoms with Crippen LogP contribution in [0.15, 0.2) is 47.6 Å². The maximum atomic E-state index is 13.2. The summed E-state index contributed by atoms with van der Waals surface area (Å²) in [6, 6.07) is 11.7. The van der Waals surface area contributed by atoms with Crippen molar-refractivity contribution < 1.29 is 9.18 Å². The van der Waals surface area contributed by atoms with Crippen molar-refractivity contribution in [1.82, 2.24) is 5.43 Å². The highest BCUT2D eigenvalue weighted by Crippen LogP contribution is 2.42. The van der Waals surface area contributed by atoms with E-state index in [0.29, 0.717) is 5.92 Å². The van der Waals surface area contributed by atoms with E-state index in [9.17, 15) is 9.18 Å². The van der Waals surface area contributed by atoms with E-state index in [1.165, 1.54) is 29.4 Å². The van der Waals surface area contributed by atoms with Crippen LogP contribution in [0.5, 0.6) is 0 Å². The molecule has 3 rings (SSSR count). The van der Waals surface area contributed by atoms with Crippen LogP contribution in [0.2, 0.25) is 0 Å². The van der Waals surface area contributed by atoms with Gasteiger partial charge >= 0.3 is 0 Å². The number of hydrogen-bond donors (Lipinski definition) is 1. The molecule has 5 heteroatoms. The molecule has 1 atom stereocenters. The number of nitrogens with zero attached hydrogens (tertiary/aromatic N) is 2. The van der Waals surface area contributed by atoms with Crippen LogP contribution < -0.4 is 10.3 Å². The smallest absolute Gasteiger partial charge is 0.271 e. The van der Waals surface area contributed by atoms with E-state index in [0.717, 1.165) is 12.0 Å². The molecule has 0 aromatic heterocycles. The van der Waals surface area contributed by atoms with Crippen LogP contribution in [0.1, 0.15) is 54.6 Å². The third-order valence-electron chi connectivity index (χ3n) is 5.12. The Hall–Kier alpha value is -2.69. The summed E-state index contributed by atoms with van der Waals surface area (Å²) in [5, 5.41) is 4.01. The molecule has 1 aliphatic heterocycles. The number of anilines is 1. The predicted octanol–water partition coefficient (Wildman–Crippen LogP) is 4.31. The van der Waals surface area contributed by atoms with Crippen molar-refractivity contribution in [3.63, 3.8) is 0 Å². The third-order valence-corrected chi connectivity index (χ3v) is 5.12. The zero-order valence-electron chi connectivity index (χ0n) is 15.6. The van der Waals surface area contributed by atoms with Gasteiger partial charge in [-0.1, -0.05) is 19.1 Å². The van der Waals surface area contributed by atoms with Gasteiger partial charge in [0.25, 0.3) is 5.91 Å². The molecule has 0 saturated heterocycles. The average Bonchev–Trinajstić information content (AvgIpc) is 2.59. The first-order valence-corrected chi connectivity index (χ1v) is 8.75. The van der Waals surface area contributed by atoms with Crippen molar-refractivity contribution in [1.29, 1.82) is 0 Å². The monoisotopic (exact) mass is 353 g/mol. The molecular weight excluding hydrogens is 329 g/mol. The van der Waals surface area contributed by atoms with Gasteiger partial charge in [0.05, 0.1) is 6.21 Å². The van der Waals surface area contributed by atoms with Crippen molar-refractivity contribution in [2.45, 2.75) is 38.6 Å². The molecule has 136 valence electrons. The number of hydrogen-bond acceptors (Lipinski definition) is 3. The summed E-state index contributed by atoms with van der Waals surface area (Å²) in [6.45, 7) is 6.74. The van der Waals surface area contributed by atoms with E-state index in [1.54, 1.807) is 12.3 Å². The first kappa shape index (κ1) is 18.1. The Balaban J connectivity index is 1.74. The minimum Gasteiger partial charge on any atom is -0.369 e. The number of carbonyl (C=O) groups excluding carboxylic acids is 1. The van der Waals surface area contributed by atoms with E-state index in [4.69, 9.17) is 0 Å². The van der Waals surface area contributed by atoms with Gasteiger partial charge in [-0.3, -0.25) is 4.79 Å². The van der Waals surface area contributed by atoms with E-state index in [2.05, 4.69) is 55.4 Å². The zero-order valence-corrected chi connectivity index (χ0v) is 15.6. The van der Waals surface area contributed by atoms with E-state index >= 15 is 0 Å². The second-order valence-electron chi connectivity index (χ2n) is 7.50. The average molecular weight is 353 g/mol. The number of amides is 1. The molecule has 4 nitrogen and oxygen atoms in total. The van der Waals surface area contributed by atoms with Gasteiger partial charge in [0, 0.05) is 23.8 Å². The largest absolute Gasteiger partial charge is 0.369 e. The van der Waals surface area contributed by atoms with Crippen LogP contribution in [-0.2, 0) is 0 Å². The Bertz CT molecular complexity index is 860. The molecule has 0 fully saturated rings. The minimum atomic E-state index is -0.447. The van der Waals surface area contributed by atoms with E-state index < -0.39 is 11.7 Å². The Kier molecular flexibility index (Phi) is 4.81. The molecule has 0 aliphatic carbocycles. The summed E-state index contributed by atoms with van der Waals surface area (Å²) < 4.78 is 13.2. The summed E-state index contributed by atoms with van der Waals surface area (Å²) >= 11 is 0. The topological polar surface area (TPSA) is 44.7 Å². The predicted molar refractivity (Wildman–Crippen MR) is 103 cm³/mol. The first-order valence-electron chi connectivity index (χ1n) is 8.75. The molecule has 0 bridgehead atoms. The number of nitrogens with one attached hydrogen (secondary N) is 1. The lowest BCUT2D eigenvalue weighted by Gasteiger charge is -2.45. The quantitative estimate of drug-likeness (QED) is 0.660. The maximum absolute atomic E-state index is 13.2. The van der Waals surface area contributed by atoms with Crippen LogP contribution in [-0.4, -0.2) is 24.7 Å². The van der Waals surface area contributed by atoms with Gasteiger partial charge in [-0.2, -0.15) is 5.10 Å². The van der Waals surface area contributed by atoms with Crippen molar-refractivity contribution in [2.24, 2.45) is 5.10 Å². The summed E-state index contributed by atoms with van der Waals surface area (Å²) in [7, 11) is 2.12. The molecule has 0 saturated carbocycles. The minimum absolute atomic E-state index is 0.126. The molecule has 1 N–H and O–H groups in total. The Labute approximate surface area is 153 Å². The second kappa shape index (κ2) is 6.90. The fourth-order valence-electron chi connectivity index (χ4n) is 3.54. The maximum Gasteiger partial charge on any atom is 0.271 e. The van der Waals surface area contributed by atoms with E-state index in [1.807, 2.05) is 6.07 Å². The molecule has 1 heterocycles. The standard InChI is InChI=1S/C21H24FN3O/c1-14-12-21(2,3)25(4)19-9-8-15(10-18(14)19)13-23-24-20(26)16-6-5-7-17(22)11-16/h5-11,13-14H,12H2,1-4H3,(H,24,26)/b23-13-/t14-/m1/s1. The normalized spacial score (nSPS) is 18.7. The third kappa shape index (κ3) is 3.62. The molecular formula is C21H24FN3O. The molecule has 1 amide bonds. The van der Waals surface area contributed by atoms with Gasteiger partial charge in [0.15, 0.2) is 0 Å². The molecule has 26 heavy (non-hydrogen) atoms. The molecule has 0 spiro atoms. The van der Waals surface area contributed by atoms with Gasteiger partial charge in [-0.15, -0.1) is 0 Å². The van der Waals surface area contributed by atoms with Crippen molar-refractivity contribution in [3.05, 3.63) is 65.0 Å². The number of halogens is 1. The lowest BCUT2D eigenvalue weighted by Crippen LogP contribution is -2.45. The number of benzene rings is 2. The first-order chi connectivity index (χ1) is 12.3. The summed E-state index contributed by atoms with van der Waals surface area (Å²) in [4.78, 5) is 14.3. The highest BCUT2D eigenvalue weighted by atomic mass is 19.1. The molecule has 2 aromatic carbocycles. The highest BCUT2D eigenvalue weighted by Gasteiger charge is 2.33. The van der Waals surface area contributed by atoms with Crippen molar-refractivity contribution >= 4 is 17.8 Å². The van der Waals surface area contributed by atoms with Crippen LogP contribution in [0, 0.1) is 5.82 Å². The molecule has 1 aliphatic rings. The van der Waals surface area contributed by atoms with Gasteiger partial charge in [0.2, 0.25) is 0 Å². The van der Waals surface area contributed by atoms with Crippen LogP contribution in [0.4, 0.5) is 10.1 Å². The Morgan fingerprint density at radius 1 is 1.31 bits per heavy atom. The Morgan fingerprint density at radius 3 is 2.81 bits per heavy atom.